The third kappa shape index (κ3) is 4.09. The number of rotatable bonds is 5. The molecule has 0 aliphatic carbocycles. The van der Waals surface area contributed by atoms with Crippen LogP contribution in [0, 0.1) is 19.8 Å². The number of aryl methyl sites for hydroxylation is 2. The Hall–Kier alpha value is -0.810. The van der Waals surface area contributed by atoms with E-state index in [1.807, 2.05) is 0 Å². The van der Waals surface area contributed by atoms with E-state index >= 15 is 0 Å². The molecule has 114 valence electrons. The molecule has 0 bridgehead atoms. The van der Waals surface area contributed by atoms with Gasteiger partial charge in [0.25, 0.3) is 0 Å². The van der Waals surface area contributed by atoms with E-state index in [2.05, 4.69) is 36.6 Å². The second-order valence-corrected chi connectivity index (χ2v) is 5.38. The van der Waals surface area contributed by atoms with Crippen molar-refractivity contribution in [1.82, 2.24) is 10.6 Å². The molecular formula is C15H25ClN2O2. The molecule has 1 fully saturated rings. The SMILES string of the molecule is COc1c(C)cc(CNCC2CNCC2O)cc1C.Cl. The third-order valence-electron chi connectivity index (χ3n) is 3.76. The van der Waals surface area contributed by atoms with Gasteiger partial charge in [-0.3, -0.25) is 0 Å². The lowest BCUT2D eigenvalue weighted by Gasteiger charge is -2.15. The van der Waals surface area contributed by atoms with Gasteiger partial charge in [-0.2, -0.15) is 0 Å². The first-order valence-electron chi connectivity index (χ1n) is 6.85. The molecule has 2 unspecified atom stereocenters. The highest BCUT2D eigenvalue weighted by Crippen LogP contribution is 2.24. The lowest BCUT2D eigenvalue weighted by molar-refractivity contribution is 0.146. The molecule has 3 N–H and O–H groups in total. The van der Waals surface area contributed by atoms with Crippen LogP contribution in [0.4, 0.5) is 0 Å². The van der Waals surface area contributed by atoms with Gasteiger partial charge in [-0.05, 0) is 30.5 Å². The molecule has 1 aromatic rings. The molecule has 0 radical (unpaired) electrons. The highest BCUT2D eigenvalue weighted by molar-refractivity contribution is 5.85. The maximum atomic E-state index is 9.72. The minimum Gasteiger partial charge on any atom is -0.496 e. The van der Waals surface area contributed by atoms with Crippen molar-refractivity contribution < 1.29 is 9.84 Å². The summed E-state index contributed by atoms with van der Waals surface area (Å²) in [5.41, 5.74) is 3.60. The minimum atomic E-state index is -0.216. The van der Waals surface area contributed by atoms with Crippen LogP contribution in [-0.2, 0) is 6.54 Å². The van der Waals surface area contributed by atoms with Gasteiger partial charge in [0.2, 0.25) is 0 Å². The van der Waals surface area contributed by atoms with Crippen LogP contribution in [0.1, 0.15) is 16.7 Å². The second kappa shape index (κ2) is 7.84. The molecule has 0 aromatic heterocycles. The predicted molar refractivity (Wildman–Crippen MR) is 83.8 cm³/mol. The van der Waals surface area contributed by atoms with Crippen LogP contribution in [0.2, 0.25) is 0 Å². The normalized spacial score (nSPS) is 21.6. The molecule has 5 heteroatoms. The molecule has 0 saturated carbocycles. The summed E-state index contributed by atoms with van der Waals surface area (Å²) in [6.45, 7) is 7.43. The molecule has 1 aliphatic heterocycles. The number of ether oxygens (including phenoxy) is 1. The van der Waals surface area contributed by atoms with Gasteiger partial charge in [-0.25, -0.2) is 0 Å². The number of aliphatic hydroxyl groups excluding tert-OH is 1. The Morgan fingerprint density at radius 3 is 2.45 bits per heavy atom. The monoisotopic (exact) mass is 300 g/mol. The minimum absolute atomic E-state index is 0. The van der Waals surface area contributed by atoms with Crippen molar-refractivity contribution in [3.8, 4) is 5.75 Å². The Bertz CT molecular complexity index is 417. The highest BCUT2D eigenvalue weighted by atomic mass is 35.5. The van der Waals surface area contributed by atoms with Crippen molar-refractivity contribution in [3.05, 3.63) is 28.8 Å². The van der Waals surface area contributed by atoms with Crippen molar-refractivity contribution in [2.24, 2.45) is 5.92 Å². The second-order valence-electron chi connectivity index (χ2n) is 5.38. The van der Waals surface area contributed by atoms with Crippen LogP contribution in [0.25, 0.3) is 0 Å². The predicted octanol–water partition coefficient (Wildman–Crippen LogP) is 1.40. The largest absolute Gasteiger partial charge is 0.496 e. The highest BCUT2D eigenvalue weighted by Gasteiger charge is 2.23. The number of nitrogens with one attached hydrogen (secondary N) is 2. The molecule has 1 heterocycles. The number of hydrogen-bond acceptors (Lipinski definition) is 4. The average Bonchev–Trinajstić information content (AvgIpc) is 2.75. The van der Waals surface area contributed by atoms with Crippen LogP contribution in [0.3, 0.4) is 0 Å². The fourth-order valence-corrected chi connectivity index (χ4v) is 2.79. The van der Waals surface area contributed by atoms with E-state index < -0.39 is 0 Å². The Morgan fingerprint density at radius 2 is 1.95 bits per heavy atom. The summed E-state index contributed by atoms with van der Waals surface area (Å²) in [6, 6.07) is 4.31. The summed E-state index contributed by atoms with van der Waals surface area (Å²) in [7, 11) is 1.71. The Kier molecular flexibility index (Phi) is 6.76. The van der Waals surface area contributed by atoms with Crippen LogP contribution in [0.5, 0.6) is 5.75 Å². The van der Waals surface area contributed by atoms with Crippen molar-refractivity contribution >= 4 is 12.4 Å². The summed E-state index contributed by atoms with van der Waals surface area (Å²) in [6.07, 6.45) is -0.216. The smallest absolute Gasteiger partial charge is 0.124 e. The van der Waals surface area contributed by atoms with Crippen molar-refractivity contribution in [1.29, 1.82) is 0 Å². The molecule has 1 aromatic carbocycles. The van der Waals surface area contributed by atoms with Gasteiger partial charge < -0.3 is 20.5 Å². The van der Waals surface area contributed by atoms with Gasteiger partial charge in [0, 0.05) is 32.1 Å². The molecule has 0 spiro atoms. The zero-order valence-corrected chi connectivity index (χ0v) is 13.2. The molecule has 4 nitrogen and oxygen atoms in total. The number of benzene rings is 1. The first-order valence-corrected chi connectivity index (χ1v) is 6.85. The third-order valence-corrected chi connectivity index (χ3v) is 3.76. The maximum Gasteiger partial charge on any atom is 0.124 e. The Morgan fingerprint density at radius 1 is 1.30 bits per heavy atom. The molecular weight excluding hydrogens is 276 g/mol. The van der Waals surface area contributed by atoms with Crippen LogP contribution < -0.4 is 15.4 Å². The van der Waals surface area contributed by atoms with Gasteiger partial charge >= 0.3 is 0 Å². The zero-order valence-electron chi connectivity index (χ0n) is 12.4. The molecule has 1 aliphatic rings. The Labute approximate surface area is 127 Å². The van der Waals surface area contributed by atoms with E-state index in [4.69, 9.17) is 4.74 Å². The van der Waals surface area contributed by atoms with Gasteiger partial charge in [0.05, 0.1) is 13.2 Å². The summed E-state index contributed by atoms with van der Waals surface area (Å²) in [5.74, 6) is 1.29. The molecule has 20 heavy (non-hydrogen) atoms. The topological polar surface area (TPSA) is 53.5 Å². The van der Waals surface area contributed by atoms with Gasteiger partial charge in [-0.15, -0.1) is 12.4 Å². The Balaban J connectivity index is 0.00000200. The van der Waals surface area contributed by atoms with E-state index in [-0.39, 0.29) is 18.5 Å². The summed E-state index contributed by atoms with van der Waals surface area (Å²) < 4.78 is 5.37. The van der Waals surface area contributed by atoms with Crippen molar-refractivity contribution in [3.63, 3.8) is 0 Å². The molecule has 1 saturated heterocycles. The molecule has 2 rings (SSSR count). The van der Waals surface area contributed by atoms with E-state index in [0.29, 0.717) is 12.5 Å². The number of aliphatic hydroxyl groups is 1. The summed E-state index contributed by atoms with van der Waals surface area (Å²) in [5, 5.41) is 16.3. The fraction of sp³-hybridized carbons (Fsp3) is 0.600. The van der Waals surface area contributed by atoms with E-state index in [1.54, 1.807) is 7.11 Å². The number of methoxy groups -OCH3 is 1. The average molecular weight is 301 g/mol. The van der Waals surface area contributed by atoms with Crippen LogP contribution in [0.15, 0.2) is 12.1 Å². The van der Waals surface area contributed by atoms with Gasteiger partial charge in [0.15, 0.2) is 0 Å². The van der Waals surface area contributed by atoms with Gasteiger partial charge in [-0.1, -0.05) is 12.1 Å². The summed E-state index contributed by atoms with van der Waals surface area (Å²) in [4.78, 5) is 0. The number of halogens is 1. The first kappa shape index (κ1) is 17.2. The first-order chi connectivity index (χ1) is 9.11. The van der Waals surface area contributed by atoms with E-state index in [1.165, 1.54) is 16.7 Å². The quantitative estimate of drug-likeness (QED) is 0.769. The number of β-amino-alcohol motifs (C(OH)–C–C–N with tert-alkyl or cyclic N) is 1. The maximum absolute atomic E-state index is 9.72. The lowest BCUT2D eigenvalue weighted by Crippen LogP contribution is -2.30. The van der Waals surface area contributed by atoms with Crippen molar-refractivity contribution in [2.75, 3.05) is 26.7 Å². The molecule has 2 atom stereocenters. The standard InChI is InChI=1S/C15H24N2O2.ClH/c1-10-4-12(5-11(2)15(10)19-3)6-16-7-13-8-17-9-14(13)18;/h4-5,13-14,16-18H,6-9H2,1-3H3;1H. The molecule has 0 amide bonds. The summed E-state index contributed by atoms with van der Waals surface area (Å²) >= 11 is 0. The number of hydrogen-bond donors (Lipinski definition) is 3. The van der Waals surface area contributed by atoms with Crippen LogP contribution in [-0.4, -0.2) is 38.0 Å². The van der Waals surface area contributed by atoms with Crippen LogP contribution >= 0.6 is 12.4 Å². The van der Waals surface area contributed by atoms with Crippen molar-refractivity contribution in [2.45, 2.75) is 26.5 Å². The zero-order chi connectivity index (χ0) is 13.8. The lowest BCUT2D eigenvalue weighted by atomic mass is 10.0. The van der Waals surface area contributed by atoms with E-state index in [0.717, 1.165) is 25.4 Å². The van der Waals surface area contributed by atoms with E-state index in [9.17, 15) is 5.11 Å². The fourth-order valence-electron chi connectivity index (χ4n) is 2.79. The van der Waals surface area contributed by atoms with Gasteiger partial charge in [0.1, 0.15) is 5.75 Å².